The van der Waals surface area contributed by atoms with Gasteiger partial charge in [-0.15, -0.1) is 0 Å². The molecule has 0 aliphatic heterocycles. The second kappa shape index (κ2) is 6.69. The summed E-state index contributed by atoms with van der Waals surface area (Å²) in [5.41, 5.74) is 4.71. The lowest BCUT2D eigenvalue weighted by Gasteiger charge is -2.08. The molecular formula is C20H22N2O. The molecule has 3 nitrogen and oxygen atoms in total. The average Bonchev–Trinajstić information content (AvgIpc) is 2.91. The van der Waals surface area contributed by atoms with Gasteiger partial charge in [-0.3, -0.25) is 4.79 Å². The summed E-state index contributed by atoms with van der Waals surface area (Å²) in [6, 6.07) is 17.0. The molecule has 0 bridgehead atoms. The fraction of sp³-hybridized carbons (Fsp3) is 0.250. The summed E-state index contributed by atoms with van der Waals surface area (Å²) in [7, 11) is 0. The summed E-state index contributed by atoms with van der Waals surface area (Å²) >= 11 is 0. The van der Waals surface area contributed by atoms with Crippen molar-refractivity contribution >= 4 is 22.5 Å². The number of nitrogens with one attached hydrogen (secondary N) is 1. The van der Waals surface area contributed by atoms with Crippen molar-refractivity contribution in [2.75, 3.05) is 5.32 Å². The average molecular weight is 306 g/mol. The van der Waals surface area contributed by atoms with Gasteiger partial charge in [-0.2, -0.15) is 0 Å². The summed E-state index contributed by atoms with van der Waals surface area (Å²) in [6.07, 6.45) is 4.42. The molecule has 0 aliphatic rings. The highest BCUT2D eigenvalue weighted by Crippen LogP contribution is 2.21. The fourth-order valence-corrected chi connectivity index (χ4v) is 2.92. The standard InChI is InChI=1S/C20H22N2O/c1-3-4-16-5-7-17(8-6-16)14-22-12-11-18-13-19(21-15(2)23)9-10-20(18)22/h5-13H,3-4,14H2,1-2H3,(H,21,23). The Hall–Kier alpha value is -2.55. The smallest absolute Gasteiger partial charge is 0.221 e. The van der Waals surface area contributed by atoms with E-state index in [0.29, 0.717) is 0 Å². The van der Waals surface area contributed by atoms with Gasteiger partial charge in [-0.25, -0.2) is 0 Å². The highest BCUT2D eigenvalue weighted by molar-refractivity contribution is 5.92. The van der Waals surface area contributed by atoms with E-state index in [9.17, 15) is 4.79 Å². The van der Waals surface area contributed by atoms with Crippen LogP contribution in [0.5, 0.6) is 0 Å². The molecule has 0 unspecified atom stereocenters. The lowest BCUT2D eigenvalue weighted by Crippen LogP contribution is -2.05. The number of fused-ring (bicyclic) bond motifs is 1. The number of amides is 1. The van der Waals surface area contributed by atoms with Crippen molar-refractivity contribution < 1.29 is 4.79 Å². The number of benzene rings is 2. The summed E-state index contributed by atoms with van der Waals surface area (Å²) in [6.45, 7) is 4.59. The predicted octanol–water partition coefficient (Wildman–Crippen LogP) is 4.60. The highest BCUT2D eigenvalue weighted by atomic mass is 16.1. The number of rotatable bonds is 5. The first-order chi connectivity index (χ1) is 11.2. The van der Waals surface area contributed by atoms with Crippen LogP contribution in [0.2, 0.25) is 0 Å². The normalized spacial score (nSPS) is 10.9. The van der Waals surface area contributed by atoms with Gasteiger partial charge < -0.3 is 9.88 Å². The molecule has 0 radical (unpaired) electrons. The Morgan fingerprint density at radius 1 is 1.04 bits per heavy atom. The molecule has 1 aromatic heterocycles. The molecule has 0 fully saturated rings. The molecular weight excluding hydrogens is 284 g/mol. The van der Waals surface area contributed by atoms with E-state index in [4.69, 9.17) is 0 Å². The number of nitrogens with zero attached hydrogens (tertiary/aromatic N) is 1. The van der Waals surface area contributed by atoms with Gasteiger partial charge in [0.2, 0.25) is 5.91 Å². The molecule has 0 spiro atoms. The van der Waals surface area contributed by atoms with E-state index in [1.165, 1.54) is 30.0 Å². The molecule has 1 amide bonds. The summed E-state index contributed by atoms with van der Waals surface area (Å²) in [5.74, 6) is -0.0454. The van der Waals surface area contributed by atoms with Crippen LogP contribution in [0.4, 0.5) is 5.69 Å². The van der Waals surface area contributed by atoms with Crippen LogP contribution in [0.15, 0.2) is 54.7 Å². The Morgan fingerprint density at radius 3 is 2.48 bits per heavy atom. The van der Waals surface area contributed by atoms with E-state index in [2.05, 4.69) is 59.4 Å². The topological polar surface area (TPSA) is 34.0 Å². The van der Waals surface area contributed by atoms with E-state index in [-0.39, 0.29) is 5.91 Å². The number of carbonyl (C=O) groups excluding carboxylic acids is 1. The van der Waals surface area contributed by atoms with Crippen molar-refractivity contribution in [1.29, 1.82) is 0 Å². The molecule has 118 valence electrons. The number of hydrogen-bond donors (Lipinski definition) is 1. The number of carbonyl (C=O) groups is 1. The zero-order valence-corrected chi connectivity index (χ0v) is 13.7. The van der Waals surface area contributed by atoms with Crippen LogP contribution in [0.3, 0.4) is 0 Å². The summed E-state index contributed by atoms with van der Waals surface area (Å²) < 4.78 is 2.24. The van der Waals surface area contributed by atoms with Gasteiger partial charge in [-0.1, -0.05) is 37.6 Å². The number of aryl methyl sites for hydroxylation is 1. The third kappa shape index (κ3) is 3.62. The predicted molar refractivity (Wildman–Crippen MR) is 95.8 cm³/mol. The number of aromatic nitrogens is 1. The van der Waals surface area contributed by atoms with Crippen LogP contribution in [0.25, 0.3) is 10.9 Å². The van der Waals surface area contributed by atoms with Crippen LogP contribution in [0.1, 0.15) is 31.4 Å². The Kier molecular flexibility index (Phi) is 4.47. The molecule has 23 heavy (non-hydrogen) atoms. The molecule has 0 aliphatic carbocycles. The van der Waals surface area contributed by atoms with Gasteiger partial charge >= 0.3 is 0 Å². The Bertz CT molecular complexity index is 815. The zero-order valence-electron chi connectivity index (χ0n) is 13.7. The zero-order chi connectivity index (χ0) is 16.2. The van der Waals surface area contributed by atoms with Gasteiger partial charge in [-0.05, 0) is 41.8 Å². The summed E-state index contributed by atoms with van der Waals surface area (Å²) in [4.78, 5) is 11.2. The van der Waals surface area contributed by atoms with Crippen LogP contribution in [0, 0.1) is 0 Å². The molecule has 0 atom stereocenters. The second-order valence-corrected chi connectivity index (χ2v) is 5.96. The van der Waals surface area contributed by atoms with Crippen molar-refractivity contribution in [3.8, 4) is 0 Å². The minimum absolute atomic E-state index is 0.0454. The first kappa shape index (κ1) is 15.3. The molecule has 3 rings (SSSR count). The fourth-order valence-electron chi connectivity index (χ4n) is 2.92. The van der Waals surface area contributed by atoms with Crippen molar-refractivity contribution in [3.05, 3.63) is 65.9 Å². The van der Waals surface area contributed by atoms with Crippen molar-refractivity contribution in [1.82, 2.24) is 4.57 Å². The minimum atomic E-state index is -0.0454. The third-order valence-electron chi connectivity index (χ3n) is 4.01. The quantitative estimate of drug-likeness (QED) is 0.734. The maximum atomic E-state index is 11.2. The van der Waals surface area contributed by atoms with Gasteiger partial charge in [0.05, 0.1) is 0 Å². The maximum Gasteiger partial charge on any atom is 0.221 e. The van der Waals surface area contributed by atoms with E-state index in [1.807, 2.05) is 12.1 Å². The molecule has 1 heterocycles. The molecule has 0 saturated heterocycles. The summed E-state index contributed by atoms with van der Waals surface area (Å²) in [5, 5.41) is 3.96. The van der Waals surface area contributed by atoms with Crippen LogP contribution in [-0.4, -0.2) is 10.5 Å². The first-order valence-corrected chi connectivity index (χ1v) is 8.10. The third-order valence-corrected chi connectivity index (χ3v) is 4.01. The molecule has 1 N–H and O–H groups in total. The van der Waals surface area contributed by atoms with Gasteiger partial charge in [0.15, 0.2) is 0 Å². The SMILES string of the molecule is CCCc1ccc(Cn2ccc3cc(NC(C)=O)ccc32)cc1. The Morgan fingerprint density at radius 2 is 1.78 bits per heavy atom. The maximum absolute atomic E-state index is 11.2. The minimum Gasteiger partial charge on any atom is -0.343 e. The van der Waals surface area contributed by atoms with Crippen molar-refractivity contribution in [3.63, 3.8) is 0 Å². The van der Waals surface area contributed by atoms with Crippen molar-refractivity contribution in [2.45, 2.75) is 33.2 Å². The monoisotopic (exact) mass is 306 g/mol. The van der Waals surface area contributed by atoms with Crippen LogP contribution >= 0.6 is 0 Å². The lowest BCUT2D eigenvalue weighted by atomic mass is 10.1. The van der Waals surface area contributed by atoms with Gasteiger partial charge in [0.25, 0.3) is 0 Å². The van der Waals surface area contributed by atoms with E-state index < -0.39 is 0 Å². The van der Waals surface area contributed by atoms with Crippen LogP contribution < -0.4 is 5.32 Å². The number of hydrogen-bond acceptors (Lipinski definition) is 1. The number of anilines is 1. The molecule has 2 aromatic carbocycles. The van der Waals surface area contributed by atoms with Gasteiger partial charge in [0, 0.05) is 36.3 Å². The lowest BCUT2D eigenvalue weighted by molar-refractivity contribution is -0.114. The molecule has 3 heteroatoms. The second-order valence-electron chi connectivity index (χ2n) is 5.96. The van der Waals surface area contributed by atoms with E-state index >= 15 is 0 Å². The Balaban J connectivity index is 1.81. The largest absolute Gasteiger partial charge is 0.343 e. The van der Waals surface area contributed by atoms with Crippen molar-refractivity contribution in [2.24, 2.45) is 0 Å². The van der Waals surface area contributed by atoms with E-state index in [0.717, 1.165) is 24.0 Å². The molecule has 0 saturated carbocycles. The van der Waals surface area contributed by atoms with Crippen LogP contribution in [-0.2, 0) is 17.8 Å². The van der Waals surface area contributed by atoms with E-state index in [1.54, 1.807) is 0 Å². The van der Waals surface area contributed by atoms with Gasteiger partial charge in [0.1, 0.15) is 0 Å². The molecule has 3 aromatic rings. The Labute approximate surface area is 136 Å². The highest BCUT2D eigenvalue weighted by Gasteiger charge is 2.04. The first-order valence-electron chi connectivity index (χ1n) is 8.10.